The zero-order valence-corrected chi connectivity index (χ0v) is 9.01. The Balaban J connectivity index is 2.49. The quantitative estimate of drug-likeness (QED) is 0.779. The minimum absolute atomic E-state index is 0.256. The molecule has 0 amide bonds. The van der Waals surface area contributed by atoms with Crippen LogP contribution in [0.3, 0.4) is 0 Å². The average molecular weight is 256 g/mol. The summed E-state index contributed by atoms with van der Waals surface area (Å²) in [5.41, 5.74) is 1.58. The van der Waals surface area contributed by atoms with Crippen molar-refractivity contribution >= 4 is 15.9 Å². The molecular formula is C10H7BrFNO. The fourth-order valence-corrected chi connectivity index (χ4v) is 1.66. The Kier molecular flexibility index (Phi) is 2.37. The molecule has 0 saturated heterocycles. The number of benzene rings is 1. The Bertz CT molecular complexity index is 450. The molecule has 2 rings (SSSR count). The van der Waals surface area contributed by atoms with Crippen molar-refractivity contribution < 1.29 is 8.81 Å². The molecule has 0 atom stereocenters. The van der Waals surface area contributed by atoms with Gasteiger partial charge in [-0.15, -0.1) is 0 Å². The molecule has 0 radical (unpaired) electrons. The summed E-state index contributed by atoms with van der Waals surface area (Å²) >= 11 is 3.14. The van der Waals surface area contributed by atoms with Gasteiger partial charge in [0.05, 0.1) is 0 Å². The first kappa shape index (κ1) is 9.40. The highest BCUT2D eigenvalue weighted by Gasteiger charge is 2.09. The maximum Gasteiger partial charge on any atom is 0.264 e. The molecule has 0 unspecified atom stereocenters. The van der Waals surface area contributed by atoms with Crippen LogP contribution >= 0.6 is 15.9 Å². The van der Waals surface area contributed by atoms with E-state index in [1.54, 1.807) is 12.1 Å². The molecule has 2 aromatic rings. The van der Waals surface area contributed by atoms with Crippen LogP contribution in [0.15, 0.2) is 33.5 Å². The molecule has 72 valence electrons. The van der Waals surface area contributed by atoms with E-state index < -0.39 is 0 Å². The van der Waals surface area contributed by atoms with Crippen molar-refractivity contribution in [3.63, 3.8) is 0 Å². The fourth-order valence-electron chi connectivity index (χ4n) is 1.24. The number of aromatic nitrogens is 1. The Morgan fingerprint density at radius 1 is 1.29 bits per heavy atom. The first-order valence-corrected chi connectivity index (χ1v) is 4.85. The molecule has 14 heavy (non-hydrogen) atoms. The van der Waals surface area contributed by atoms with Crippen molar-refractivity contribution in [2.75, 3.05) is 0 Å². The summed E-state index contributed by atoms with van der Waals surface area (Å²) in [4.78, 5) is 4.58. The van der Waals surface area contributed by atoms with E-state index in [2.05, 4.69) is 20.9 Å². The van der Waals surface area contributed by atoms with Gasteiger partial charge in [0.15, 0.2) is 0 Å². The van der Waals surface area contributed by atoms with Crippen molar-refractivity contribution in [2.45, 2.75) is 6.92 Å². The van der Waals surface area contributed by atoms with Crippen LogP contribution in [0, 0.1) is 12.7 Å². The SMILES string of the molecule is Cc1oc(Br)nc1-c1ccc(F)cc1. The first-order chi connectivity index (χ1) is 6.66. The molecule has 2 nitrogen and oxygen atoms in total. The minimum Gasteiger partial charge on any atom is -0.436 e. The number of nitrogens with zero attached hydrogens (tertiary/aromatic N) is 1. The van der Waals surface area contributed by atoms with E-state index in [9.17, 15) is 4.39 Å². The molecule has 0 saturated carbocycles. The van der Waals surface area contributed by atoms with Crippen LogP contribution in [-0.4, -0.2) is 4.98 Å². The van der Waals surface area contributed by atoms with E-state index in [-0.39, 0.29) is 5.82 Å². The third kappa shape index (κ3) is 1.70. The zero-order valence-electron chi connectivity index (χ0n) is 7.42. The molecule has 1 aromatic carbocycles. The molecular weight excluding hydrogens is 249 g/mol. The van der Waals surface area contributed by atoms with Gasteiger partial charge in [-0.05, 0) is 31.2 Å². The third-order valence-corrected chi connectivity index (χ3v) is 2.23. The van der Waals surface area contributed by atoms with Crippen LogP contribution in [0.4, 0.5) is 4.39 Å². The molecule has 4 heteroatoms. The number of hydrogen-bond donors (Lipinski definition) is 0. The van der Waals surface area contributed by atoms with E-state index in [0.717, 1.165) is 11.3 Å². The number of rotatable bonds is 1. The van der Waals surface area contributed by atoms with Gasteiger partial charge in [-0.25, -0.2) is 9.37 Å². The first-order valence-electron chi connectivity index (χ1n) is 4.05. The average Bonchev–Trinajstić information content (AvgIpc) is 2.47. The van der Waals surface area contributed by atoms with E-state index in [0.29, 0.717) is 10.6 Å². The van der Waals surface area contributed by atoms with Gasteiger partial charge < -0.3 is 4.42 Å². The van der Waals surface area contributed by atoms with Gasteiger partial charge in [0, 0.05) is 21.5 Å². The monoisotopic (exact) mass is 255 g/mol. The lowest BCUT2D eigenvalue weighted by molar-refractivity contribution is 0.501. The smallest absolute Gasteiger partial charge is 0.264 e. The molecule has 0 fully saturated rings. The van der Waals surface area contributed by atoms with Crippen LogP contribution < -0.4 is 0 Å². The summed E-state index contributed by atoms with van der Waals surface area (Å²) in [6, 6.07) is 6.15. The summed E-state index contributed by atoms with van der Waals surface area (Å²) in [7, 11) is 0. The molecule has 1 aromatic heterocycles. The van der Waals surface area contributed by atoms with E-state index in [4.69, 9.17) is 4.42 Å². The number of halogens is 2. The summed E-state index contributed by atoms with van der Waals surface area (Å²) < 4.78 is 17.9. The Hall–Kier alpha value is -1.16. The van der Waals surface area contributed by atoms with Crippen LogP contribution in [0.5, 0.6) is 0 Å². The van der Waals surface area contributed by atoms with Gasteiger partial charge in [0.2, 0.25) is 0 Å². The van der Waals surface area contributed by atoms with E-state index >= 15 is 0 Å². The van der Waals surface area contributed by atoms with Gasteiger partial charge in [0.25, 0.3) is 4.80 Å². The molecule has 0 N–H and O–H groups in total. The highest BCUT2D eigenvalue weighted by molar-refractivity contribution is 9.10. The van der Waals surface area contributed by atoms with Crippen LogP contribution in [0.2, 0.25) is 0 Å². The van der Waals surface area contributed by atoms with Gasteiger partial charge in [-0.1, -0.05) is 0 Å². The van der Waals surface area contributed by atoms with Crippen LogP contribution in [-0.2, 0) is 0 Å². The Labute approximate surface area is 88.9 Å². The second-order valence-electron chi connectivity index (χ2n) is 2.88. The predicted molar refractivity (Wildman–Crippen MR) is 54.3 cm³/mol. The standard InChI is InChI=1S/C10H7BrFNO/c1-6-9(13-10(11)14-6)7-2-4-8(12)5-3-7/h2-5H,1H3. The molecule has 0 bridgehead atoms. The minimum atomic E-state index is -0.256. The molecule has 1 heterocycles. The maximum atomic E-state index is 12.7. The lowest BCUT2D eigenvalue weighted by Gasteiger charge is -1.96. The summed E-state index contributed by atoms with van der Waals surface area (Å²) in [6.07, 6.45) is 0. The van der Waals surface area contributed by atoms with Crippen LogP contribution in [0.1, 0.15) is 5.76 Å². The van der Waals surface area contributed by atoms with Crippen molar-refractivity contribution in [1.82, 2.24) is 4.98 Å². The molecule has 0 aliphatic heterocycles. The Morgan fingerprint density at radius 3 is 2.43 bits per heavy atom. The lowest BCUT2D eigenvalue weighted by atomic mass is 10.1. The zero-order chi connectivity index (χ0) is 10.1. The number of aryl methyl sites for hydroxylation is 1. The second-order valence-corrected chi connectivity index (χ2v) is 3.56. The molecule has 0 aliphatic rings. The largest absolute Gasteiger partial charge is 0.436 e. The van der Waals surface area contributed by atoms with Crippen molar-refractivity contribution in [3.8, 4) is 11.3 Å². The van der Waals surface area contributed by atoms with Crippen molar-refractivity contribution in [2.24, 2.45) is 0 Å². The molecule has 0 aliphatic carbocycles. The summed E-state index contributed by atoms with van der Waals surface area (Å²) in [5.74, 6) is 0.456. The Morgan fingerprint density at radius 2 is 1.93 bits per heavy atom. The molecule has 0 spiro atoms. The van der Waals surface area contributed by atoms with Gasteiger partial charge >= 0.3 is 0 Å². The summed E-state index contributed by atoms with van der Waals surface area (Å²) in [5, 5.41) is 0. The predicted octanol–water partition coefficient (Wildman–Crippen LogP) is 3.55. The van der Waals surface area contributed by atoms with Gasteiger partial charge in [0.1, 0.15) is 17.3 Å². The van der Waals surface area contributed by atoms with Crippen molar-refractivity contribution in [3.05, 3.63) is 40.6 Å². The maximum absolute atomic E-state index is 12.7. The van der Waals surface area contributed by atoms with Crippen molar-refractivity contribution in [1.29, 1.82) is 0 Å². The highest BCUT2D eigenvalue weighted by Crippen LogP contribution is 2.25. The van der Waals surface area contributed by atoms with E-state index in [1.165, 1.54) is 12.1 Å². The number of oxazole rings is 1. The lowest BCUT2D eigenvalue weighted by Crippen LogP contribution is -1.81. The highest BCUT2D eigenvalue weighted by atomic mass is 79.9. The normalized spacial score (nSPS) is 10.5. The fraction of sp³-hybridized carbons (Fsp3) is 0.100. The van der Waals surface area contributed by atoms with Gasteiger partial charge in [-0.2, -0.15) is 0 Å². The summed E-state index contributed by atoms with van der Waals surface area (Å²) in [6.45, 7) is 1.82. The van der Waals surface area contributed by atoms with E-state index in [1.807, 2.05) is 6.92 Å². The number of hydrogen-bond acceptors (Lipinski definition) is 2. The van der Waals surface area contributed by atoms with Crippen LogP contribution in [0.25, 0.3) is 11.3 Å². The topological polar surface area (TPSA) is 26.0 Å². The third-order valence-electron chi connectivity index (χ3n) is 1.89. The second kappa shape index (κ2) is 3.53. The van der Waals surface area contributed by atoms with Gasteiger partial charge in [-0.3, -0.25) is 0 Å².